The van der Waals surface area contributed by atoms with E-state index in [1.165, 1.54) is 0 Å². The molecule has 0 saturated heterocycles. The summed E-state index contributed by atoms with van der Waals surface area (Å²) >= 11 is 0. The number of nitrogens with zero attached hydrogens (tertiary/aromatic N) is 2. The lowest BCUT2D eigenvalue weighted by atomic mass is 10.1. The predicted octanol–water partition coefficient (Wildman–Crippen LogP) is 0.792. The van der Waals surface area contributed by atoms with Crippen LogP contribution < -0.4 is 4.72 Å². The van der Waals surface area contributed by atoms with Crippen molar-refractivity contribution in [3.8, 4) is 17.5 Å². The summed E-state index contributed by atoms with van der Waals surface area (Å²) in [6, 6.07) is 8.78. The third-order valence-electron chi connectivity index (χ3n) is 2.65. The smallest absolute Gasteiger partial charge is 0.277 e. The van der Waals surface area contributed by atoms with Crippen molar-refractivity contribution in [3.05, 3.63) is 35.5 Å². The van der Waals surface area contributed by atoms with Crippen molar-refractivity contribution in [1.29, 1.82) is 5.26 Å². The molecule has 0 aliphatic carbocycles. The average molecular weight is 307 g/mol. The summed E-state index contributed by atoms with van der Waals surface area (Å²) in [6.45, 7) is 1.38. The largest absolute Gasteiger partial charge is 0.422 e. The number of nitriles is 1. The molecule has 2 aromatic rings. The van der Waals surface area contributed by atoms with Crippen LogP contribution in [0.5, 0.6) is 0 Å². The maximum absolute atomic E-state index is 12.0. The van der Waals surface area contributed by atoms with Gasteiger partial charge in [-0.2, -0.15) is 10.2 Å². The molecule has 1 aromatic heterocycles. The molecule has 1 aromatic carbocycles. The number of hydrogen-bond donors (Lipinski definition) is 2. The molecule has 21 heavy (non-hydrogen) atoms. The van der Waals surface area contributed by atoms with Crippen LogP contribution in [0.15, 0.2) is 33.8 Å². The van der Waals surface area contributed by atoms with E-state index < -0.39 is 15.1 Å². The van der Waals surface area contributed by atoms with E-state index in [0.29, 0.717) is 5.56 Å². The van der Waals surface area contributed by atoms with Gasteiger partial charge in [0.05, 0.1) is 6.61 Å². The lowest BCUT2D eigenvalue weighted by molar-refractivity contribution is 0.300. The number of nitrogens with one attached hydrogen (secondary N) is 1. The molecule has 8 heteroatoms. The first-order valence-corrected chi connectivity index (χ1v) is 7.54. The molecular formula is C13H13N3O4S. The number of oxazole rings is 1. The highest BCUT2D eigenvalue weighted by Gasteiger charge is 2.26. The topological polar surface area (TPSA) is 116 Å². The van der Waals surface area contributed by atoms with Crippen LogP contribution in [0, 0.1) is 18.3 Å². The minimum Gasteiger partial charge on any atom is -0.422 e. The van der Waals surface area contributed by atoms with Crippen LogP contribution in [-0.4, -0.2) is 31.7 Å². The number of rotatable bonds is 5. The molecule has 110 valence electrons. The van der Waals surface area contributed by atoms with Crippen LogP contribution >= 0.6 is 0 Å². The molecule has 0 spiro atoms. The molecule has 0 radical (unpaired) electrons. The Labute approximate surface area is 121 Å². The highest BCUT2D eigenvalue weighted by Crippen LogP contribution is 2.25. The van der Waals surface area contributed by atoms with Gasteiger partial charge < -0.3 is 9.52 Å². The molecule has 0 fully saturated rings. The van der Waals surface area contributed by atoms with Crippen molar-refractivity contribution in [2.24, 2.45) is 0 Å². The second-order valence-electron chi connectivity index (χ2n) is 4.25. The van der Waals surface area contributed by atoms with E-state index in [9.17, 15) is 8.42 Å². The molecule has 0 aliphatic heterocycles. The molecule has 0 amide bonds. The minimum atomic E-state index is -4.02. The molecule has 1 heterocycles. The summed E-state index contributed by atoms with van der Waals surface area (Å²) in [5.41, 5.74) is 1.28. The Morgan fingerprint density at radius 3 is 2.62 bits per heavy atom. The van der Waals surface area contributed by atoms with Crippen molar-refractivity contribution >= 4 is 10.0 Å². The van der Waals surface area contributed by atoms with Gasteiger partial charge in [-0.1, -0.05) is 17.7 Å². The number of sulfonamides is 1. The van der Waals surface area contributed by atoms with Crippen molar-refractivity contribution in [3.63, 3.8) is 0 Å². The van der Waals surface area contributed by atoms with Gasteiger partial charge >= 0.3 is 0 Å². The number of aryl methyl sites for hydroxylation is 1. The number of aromatic nitrogens is 1. The minimum absolute atomic E-state index is 0.0518. The van der Waals surface area contributed by atoms with Crippen molar-refractivity contribution in [2.75, 3.05) is 13.2 Å². The summed E-state index contributed by atoms with van der Waals surface area (Å²) in [7, 11) is -4.02. The second-order valence-corrected chi connectivity index (χ2v) is 5.92. The Balaban J connectivity index is 2.45. The van der Waals surface area contributed by atoms with Gasteiger partial charge in [0.25, 0.3) is 15.1 Å². The summed E-state index contributed by atoms with van der Waals surface area (Å²) in [4.78, 5) is 3.89. The van der Waals surface area contributed by atoms with Crippen LogP contribution in [0.2, 0.25) is 0 Å². The van der Waals surface area contributed by atoms with Gasteiger partial charge in [0.1, 0.15) is 6.07 Å². The number of hydrogen-bond acceptors (Lipinski definition) is 6. The standard InChI is InChI=1S/C13H13N3O4S/c1-9-2-4-10(5-3-9)12-16-11(8-14)13(20-12)21(18,19)15-6-7-17/h2-5,15,17H,6-7H2,1H3. The van der Waals surface area contributed by atoms with Crippen molar-refractivity contribution in [1.82, 2.24) is 9.71 Å². The normalized spacial score (nSPS) is 11.3. The van der Waals surface area contributed by atoms with Gasteiger partial charge in [0.15, 0.2) is 5.69 Å². The monoisotopic (exact) mass is 307 g/mol. The van der Waals surface area contributed by atoms with Gasteiger partial charge in [-0.25, -0.2) is 13.1 Å². The highest BCUT2D eigenvalue weighted by molar-refractivity contribution is 7.89. The predicted molar refractivity (Wildman–Crippen MR) is 73.7 cm³/mol. The summed E-state index contributed by atoms with van der Waals surface area (Å²) in [6.07, 6.45) is 0. The van der Waals surface area contributed by atoms with Gasteiger partial charge in [-0.3, -0.25) is 0 Å². The van der Waals surface area contributed by atoms with Crippen molar-refractivity contribution < 1.29 is 17.9 Å². The average Bonchev–Trinajstić information content (AvgIpc) is 2.91. The van der Waals surface area contributed by atoms with E-state index >= 15 is 0 Å². The van der Waals surface area contributed by atoms with Gasteiger partial charge in [0.2, 0.25) is 5.89 Å². The third kappa shape index (κ3) is 3.28. The van der Waals surface area contributed by atoms with Crippen LogP contribution in [-0.2, 0) is 10.0 Å². The van der Waals surface area contributed by atoms with E-state index in [0.717, 1.165) is 5.56 Å². The Morgan fingerprint density at radius 1 is 1.38 bits per heavy atom. The molecule has 0 saturated carbocycles. The van der Waals surface area contributed by atoms with Crippen LogP contribution in [0.4, 0.5) is 0 Å². The lowest BCUT2D eigenvalue weighted by Gasteiger charge is -2.01. The summed E-state index contributed by atoms with van der Waals surface area (Å²) < 4.78 is 31.3. The fraction of sp³-hybridized carbons (Fsp3) is 0.231. The highest BCUT2D eigenvalue weighted by atomic mass is 32.2. The zero-order chi connectivity index (χ0) is 15.5. The van der Waals surface area contributed by atoms with Gasteiger partial charge in [-0.05, 0) is 19.1 Å². The number of aliphatic hydroxyl groups excluding tert-OH is 1. The van der Waals surface area contributed by atoms with E-state index in [2.05, 4.69) is 9.71 Å². The quantitative estimate of drug-likeness (QED) is 0.843. The number of benzene rings is 1. The second kappa shape index (κ2) is 6.05. The third-order valence-corrected chi connectivity index (χ3v) is 4.00. The zero-order valence-electron chi connectivity index (χ0n) is 11.2. The molecule has 7 nitrogen and oxygen atoms in total. The maximum Gasteiger partial charge on any atom is 0.277 e. The molecular weight excluding hydrogens is 294 g/mol. The van der Waals surface area contributed by atoms with Crippen molar-refractivity contribution in [2.45, 2.75) is 12.0 Å². The molecule has 2 N–H and O–H groups in total. The Hall–Kier alpha value is -2.21. The SMILES string of the molecule is Cc1ccc(-c2nc(C#N)c(S(=O)(=O)NCCO)o2)cc1. The molecule has 0 aliphatic rings. The zero-order valence-corrected chi connectivity index (χ0v) is 12.0. The van der Waals surface area contributed by atoms with Crippen LogP contribution in [0.3, 0.4) is 0 Å². The summed E-state index contributed by atoms with van der Waals surface area (Å²) in [5.74, 6) is 0.0518. The molecule has 0 bridgehead atoms. The van der Waals surface area contributed by atoms with Gasteiger partial charge in [0, 0.05) is 12.1 Å². The Bertz CT molecular complexity index is 773. The fourth-order valence-corrected chi connectivity index (χ4v) is 2.65. The van der Waals surface area contributed by atoms with Gasteiger partial charge in [-0.15, -0.1) is 0 Å². The molecule has 2 rings (SSSR count). The van der Waals surface area contributed by atoms with Crippen LogP contribution in [0.1, 0.15) is 11.3 Å². The first-order valence-electron chi connectivity index (χ1n) is 6.06. The van der Waals surface area contributed by atoms with Crippen LogP contribution in [0.25, 0.3) is 11.5 Å². The summed E-state index contributed by atoms with van der Waals surface area (Å²) in [5, 5.41) is 17.1. The van der Waals surface area contributed by atoms with E-state index in [1.54, 1.807) is 18.2 Å². The van der Waals surface area contributed by atoms with E-state index in [4.69, 9.17) is 14.8 Å². The Morgan fingerprint density at radius 2 is 2.05 bits per heavy atom. The molecule has 0 atom stereocenters. The molecule has 0 unspecified atom stereocenters. The number of aliphatic hydroxyl groups is 1. The first-order chi connectivity index (χ1) is 9.97. The van der Waals surface area contributed by atoms with E-state index in [-0.39, 0.29) is 24.7 Å². The van der Waals surface area contributed by atoms with E-state index in [1.807, 2.05) is 19.1 Å². The maximum atomic E-state index is 12.0. The first kappa shape index (κ1) is 15.2. The lowest BCUT2D eigenvalue weighted by Crippen LogP contribution is -2.26. The Kier molecular flexibility index (Phi) is 4.37. The fourth-order valence-electron chi connectivity index (χ4n) is 1.62.